The summed E-state index contributed by atoms with van der Waals surface area (Å²) in [6, 6.07) is 21.4. The van der Waals surface area contributed by atoms with Gasteiger partial charge in [-0.15, -0.1) is 0 Å². The summed E-state index contributed by atoms with van der Waals surface area (Å²) in [4.78, 5) is 14.5. The monoisotopic (exact) mass is 307 g/mol. The SMILES string of the molecule is CC(=O)[C@H]1[C@H](C2COC2)N1C(c1ccccc1)c1ccccc1. The molecule has 0 radical (unpaired) electrons. The fourth-order valence-corrected chi connectivity index (χ4v) is 3.81. The molecule has 0 saturated carbocycles. The Morgan fingerprint density at radius 1 is 1.00 bits per heavy atom. The minimum Gasteiger partial charge on any atom is -0.381 e. The van der Waals surface area contributed by atoms with E-state index in [-0.39, 0.29) is 17.9 Å². The van der Waals surface area contributed by atoms with E-state index < -0.39 is 0 Å². The highest BCUT2D eigenvalue weighted by atomic mass is 16.5. The van der Waals surface area contributed by atoms with Crippen molar-refractivity contribution in [3.8, 4) is 0 Å². The molecule has 3 heteroatoms. The maximum Gasteiger partial charge on any atom is 0.148 e. The van der Waals surface area contributed by atoms with Crippen molar-refractivity contribution in [2.45, 2.75) is 25.0 Å². The number of nitrogens with zero attached hydrogens (tertiary/aromatic N) is 1. The predicted molar refractivity (Wildman–Crippen MR) is 89.1 cm³/mol. The molecule has 2 aromatic carbocycles. The van der Waals surface area contributed by atoms with Gasteiger partial charge < -0.3 is 4.74 Å². The highest BCUT2D eigenvalue weighted by Crippen LogP contribution is 2.47. The molecule has 2 aromatic rings. The minimum absolute atomic E-state index is 0.0225. The van der Waals surface area contributed by atoms with E-state index in [4.69, 9.17) is 4.74 Å². The number of carbonyl (C=O) groups excluding carboxylic acids is 1. The van der Waals surface area contributed by atoms with Crippen molar-refractivity contribution in [2.75, 3.05) is 13.2 Å². The number of benzene rings is 2. The summed E-state index contributed by atoms with van der Waals surface area (Å²) in [5.41, 5.74) is 2.49. The molecule has 4 rings (SSSR count). The van der Waals surface area contributed by atoms with Gasteiger partial charge in [0.2, 0.25) is 0 Å². The molecule has 0 aliphatic carbocycles. The molecule has 0 N–H and O–H groups in total. The second-order valence-corrected chi connectivity index (χ2v) is 6.51. The Labute approximate surface area is 136 Å². The number of carbonyl (C=O) groups is 1. The van der Waals surface area contributed by atoms with Crippen LogP contribution >= 0.6 is 0 Å². The summed E-state index contributed by atoms with van der Waals surface area (Å²) < 4.78 is 5.37. The van der Waals surface area contributed by atoms with Gasteiger partial charge in [0.05, 0.1) is 25.3 Å². The summed E-state index contributed by atoms with van der Waals surface area (Å²) in [6.45, 7) is 3.27. The number of ketones is 1. The first-order chi connectivity index (χ1) is 11.3. The van der Waals surface area contributed by atoms with Gasteiger partial charge in [0.1, 0.15) is 5.78 Å². The van der Waals surface area contributed by atoms with Gasteiger partial charge in [-0.1, -0.05) is 60.7 Å². The number of Topliss-reactive ketones (excluding diaryl/α,β-unsaturated/α-hetero) is 1. The van der Waals surface area contributed by atoms with Crippen molar-refractivity contribution in [3.63, 3.8) is 0 Å². The molecular weight excluding hydrogens is 286 g/mol. The van der Waals surface area contributed by atoms with Crippen molar-refractivity contribution in [1.82, 2.24) is 4.90 Å². The van der Waals surface area contributed by atoms with Crippen molar-refractivity contribution in [3.05, 3.63) is 71.8 Å². The molecule has 2 aliphatic rings. The number of hydrogen-bond donors (Lipinski definition) is 0. The standard InChI is InChI=1S/C20H21NO2/c1-14(22)18-20(17-12-23-13-17)21(18)19(15-8-4-2-5-9-15)16-10-6-3-7-11-16/h2-11,17-20H,12-13H2,1H3/t18-,20-,21?/m0/s1. The van der Waals surface area contributed by atoms with Crippen LogP contribution in [0.1, 0.15) is 24.1 Å². The lowest BCUT2D eigenvalue weighted by Crippen LogP contribution is -2.35. The van der Waals surface area contributed by atoms with E-state index in [2.05, 4.69) is 53.4 Å². The lowest BCUT2D eigenvalue weighted by molar-refractivity contribution is -0.117. The minimum atomic E-state index is 0.0225. The molecule has 2 aliphatic heterocycles. The number of hydrogen-bond acceptors (Lipinski definition) is 3. The van der Waals surface area contributed by atoms with Crippen molar-refractivity contribution in [1.29, 1.82) is 0 Å². The number of rotatable bonds is 5. The van der Waals surface area contributed by atoms with Gasteiger partial charge in [-0.3, -0.25) is 9.69 Å². The topological polar surface area (TPSA) is 29.3 Å². The lowest BCUT2D eigenvalue weighted by Gasteiger charge is -2.28. The van der Waals surface area contributed by atoms with Crippen molar-refractivity contribution < 1.29 is 9.53 Å². The van der Waals surface area contributed by atoms with Crippen LogP contribution in [-0.2, 0) is 9.53 Å². The maximum atomic E-state index is 12.2. The quantitative estimate of drug-likeness (QED) is 0.795. The van der Waals surface area contributed by atoms with Gasteiger partial charge in [-0.2, -0.15) is 0 Å². The van der Waals surface area contributed by atoms with Crippen LogP contribution in [0.2, 0.25) is 0 Å². The molecule has 0 spiro atoms. The average molecular weight is 307 g/mol. The molecule has 2 heterocycles. The summed E-state index contributed by atoms with van der Waals surface area (Å²) in [5.74, 6) is 0.748. The van der Waals surface area contributed by atoms with Crippen LogP contribution in [0.4, 0.5) is 0 Å². The lowest BCUT2D eigenvalue weighted by atomic mass is 9.97. The first kappa shape index (κ1) is 14.6. The van der Waals surface area contributed by atoms with E-state index in [0.29, 0.717) is 12.0 Å². The zero-order valence-corrected chi connectivity index (χ0v) is 13.3. The van der Waals surface area contributed by atoms with Gasteiger partial charge in [-0.25, -0.2) is 0 Å². The van der Waals surface area contributed by atoms with Gasteiger partial charge in [0.15, 0.2) is 0 Å². The van der Waals surface area contributed by atoms with E-state index >= 15 is 0 Å². The first-order valence-electron chi connectivity index (χ1n) is 8.23. The van der Waals surface area contributed by atoms with Crippen LogP contribution in [-0.4, -0.2) is 36.0 Å². The molecule has 23 heavy (non-hydrogen) atoms. The molecule has 1 unspecified atom stereocenters. The van der Waals surface area contributed by atoms with Crippen LogP contribution in [0.3, 0.4) is 0 Å². The van der Waals surface area contributed by atoms with Crippen LogP contribution < -0.4 is 0 Å². The van der Waals surface area contributed by atoms with E-state index in [1.165, 1.54) is 11.1 Å². The maximum absolute atomic E-state index is 12.2. The second-order valence-electron chi connectivity index (χ2n) is 6.51. The zero-order chi connectivity index (χ0) is 15.8. The van der Waals surface area contributed by atoms with Crippen molar-refractivity contribution in [2.24, 2.45) is 5.92 Å². The third-order valence-electron chi connectivity index (χ3n) is 4.99. The normalized spacial score (nSPS) is 26.8. The van der Waals surface area contributed by atoms with E-state index in [1.807, 2.05) is 12.1 Å². The molecule has 0 aromatic heterocycles. The fraction of sp³-hybridized carbons (Fsp3) is 0.350. The first-order valence-corrected chi connectivity index (χ1v) is 8.23. The number of ether oxygens (including phenoxy) is 1. The van der Waals surface area contributed by atoms with E-state index in [1.54, 1.807) is 6.92 Å². The molecular formula is C20H21NO2. The molecule has 2 saturated heterocycles. The van der Waals surface area contributed by atoms with Gasteiger partial charge in [0.25, 0.3) is 0 Å². The van der Waals surface area contributed by atoms with Gasteiger partial charge >= 0.3 is 0 Å². The second kappa shape index (κ2) is 5.91. The summed E-state index contributed by atoms with van der Waals surface area (Å²) in [7, 11) is 0. The third-order valence-corrected chi connectivity index (χ3v) is 4.99. The highest BCUT2D eigenvalue weighted by Gasteiger charge is 2.59. The molecule has 0 amide bonds. The molecule has 2 fully saturated rings. The Bertz CT molecular complexity index is 642. The Balaban J connectivity index is 1.72. The van der Waals surface area contributed by atoms with Crippen LogP contribution in [0.15, 0.2) is 60.7 Å². The van der Waals surface area contributed by atoms with E-state index in [9.17, 15) is 4.79 Å². The summed E-state index contributed by atoms with van der Waals surface area (Å²) in [5, 5.41) is 0. The predicted octanol–water partition coefficient (Wildman–Crippen LogP) is 3.06. The molecule has 118 valence electrons. The Morgan fingerprint density at radius 3 is 1.91 bits per heavy atom. The van der Waals surface area contributed by atoms with Gasteiger partial charge in [-0.05, 0) is 18.1 Å². The largest absolute Gasteiger partial charge is 0.381 e. The van der Waals surface area contributed by atoms with Gasteiger partial charge in [0, 0.05) is 12.0 Å². The Morgan fingerprint density at radius 2 is 1.52 bits per heavy atom. The zero-order valence-electron chi connectivity index (χ0n) is 13.3. The van der Waals surface area contributed by atoms with Crippen LogP contribution in [0.5, 0.6) is 0 Å². The smallest absolute Gasteiger partial charge is 0.148 e. The van der Waals surface area contributed by atoms with E-state index in [0.717, 1.165) is 13.2 Å². The Kier molecular flexibility index (Phi) is 3.76. The molecule has 3 nitrogen and oxygen atoms in total. The average Bonchev–Trinajstić information content (AvgIpc) is 3.23. The third kappa shape index (κ3) is 2.60. The van der Waals surface area contributed by atoms with Crippen LogP contribution in [0, 0.1) is 5.92 Å². The fourth-order valence-electron chi connectivity index (χ4n) is 3.81. The van der Waals surface area contributed by atoms with Crippen LogP contribution in [0.25, 0.3) is 0 Å². The molecule has 0 bridgehead atoms. The summed E-state index contributed by atoms with van der Waals surface area (Å²) in [6.07, 6.45) is 0. The van der Waals surface area contributed by atoms with Crippen molar-refractivity contribution >= 4 is 5.78 Å². The molecule has 3 atom stereocenters. The highest BCUT2D eigenvalue weighted by molar-refractivity contribution is 5.85. The summed E-state index contributed by atoms with van der Waals surface area (Å²) >= 11 is 0. The Hall–Kier alpha value is -1.97.